The van der Waals surface area contributed by atoms with Gasteiger partial charge in [0.15, 0.2) is 6.29 Å². The topological polar surface area (TPSA) is 83.5 Å². The first-order chi connectivity index (χ1) is 12.3. The molecule has 0 N–H and O–H groups in total. The summed E-state index contributed by atoms with van der Waals surface area (Å²) >= 11 is 0. The van der Waals surface area contributed by atoms with Crippen LogP contribution in [0.4, 0.5) is 0 Å². The maximum absolute atomic E-state index is 11.3. The molecule has 142 valence electrons. The van der Waals surface area contributed by atoms with Crippen molar-refractivity contribution in [2.24, 2.45) is 0 Å². The molecular formula is C17H27NO7. The largest absolute Gasteiger partial charge is 0.377 e. The van der Waals surface area contributed by atoms with Crippen molar-refractivity contribution in [3.8, 4) is 0 Å². The van der Waals surface area contributed by atoms with Gasteiger partial charge in [-0.25, -0.2) is 0 Å². The van der Waals surface area contributed by atoms with Gasteiger partial charge in [0.25, 0.3) is 11.8 Å². The van der Waals surface area contributed by atoms with E-state index in [-0.39, 0.29) is 24.6 Å². The van der Waals surface area contributed by atoms with Crippen molar-refractivity contribution in [1.29, 1.82) is 0 Å². The Morgan fingerprint density at radius 3 is 2.08 bits per heavy atom. The quantitative estimate of drug-likeness (QED) is 0.351. The van der Waals surface area contributed by atoms with Crippen LogP contribution >= 0.6 is 0 Å². The second-order valence-electron chi connectivity index (χ2n) is 5.67. The molecule has 8 nitrogen and oxygen atoms in total. The van der Waals surface area contributed by atoms with E-state index < -0.39 is 0 Å². The van der Waals surface area contributed by atoms with Crippen molar-refractivity contribution in [3.63, 3.8) is 0 Å². The van der Waals surface area contributed by atoms with Crippen LogP contribution in [0.25, 0.3) is 0 Å². The van der Waals surface area contributed by atoms with E-state index in [9.17, 15) is 9.59 Å². The lowest BCUT2D eigenvalue weighted by molar-refractivity contribution is -0.169. The van der Waals surface area contributed by atoms with Gasteiger partial charge in [-0.1, -0.05) is 0 Å². The number of amides is 2. The SMILES string of the molecule is O=C1C=CC(=O)N1CCOCCOCCOCCOC1CCCCO1. The van der Waals surface area contributed by atoms with E-state index in [1.54, 1.807) is 0 Å². The number of carbonyl (C=O) groups excluding carboxylic acids is 2. The van der Waals surface area contributed by atoms with Crippen molar-refractivity contribution in [2.75, 3.05) is 59.4 Å². The van der Waals surface area contributed by atoms with E-state index >= 15 is 0 Å². The summed E-state index contributed by atoms with van der Waals surface area (Å²) in [6.45, 7) is 4.22. The Bertz CT molecular complexity index is 417. The van der Waals surface area contributed by atoms with E-state index in [1.807, 2.05) is 0 Å². The molecule has 2 rings (SSSR count). The fourth-order valence-electron chi connectivity index (χ4n) is 2.43. The van der Waals surface area contributed by atoms with E-state index in [2.05, 4.69) is 0 Å². The Morgan fingerprint density at radius 1 is 0.880 bits per heavy atom. The highest BCUT2D eigenvalue weighted by Gasteiger charge is 2.22. The van der Waals surface area contributed by atoms with Crippen molar-refractivity contribution in [2.45, 2.75) is 25.6 Å². The van der Waals surface area contributed by atoms with Crippen molar-refractivity contribution >= 4 is 11.8 Å². The minimum atomic E-state index is -0.291. The van der Waals surface area contributed by atoms with Gasteiger partial charge < -0.3 is 23.7 Å². The van der Waals surface area contributed by atoms with E-state index in [1.165, 1.54) is 12.2 Å². The molecule has 0 aromatic heterocycles. The summed E-state index contributed by atoms with van der Waals surface area (Å²) in [5, 5.41) is 0. The molecule has 2 heterocycles. The van der Waals surface area contributed by atoms with Crippen LogP contribution in [0.15, 0.2) is 12.2 Å². The van der Waals surface area contributed by atoms with E-state index in [0.29, 0.717) is 46.2 Å². The number of imide groups is 1. The highest BCUT2D eigenvalue weighted by atomic mass is 16.7. The number of nitrogens with zero attached hydrogens (tertiary/aromatic N) is 1. The highest BCUT2D eigenvalue weighted by molar-refractivity contribution is 6.12. The van der Waals surface area contributed by atoms with Gasteiger partial charge in [0.05, 0.1) is 52.8 Å². The van der Waals surface area contributed by atoms with Gasteiger partial charge in [-0.3, -0.25) is 14.5 Å². The Balaban J connectivity index is 1.30. The minimum absolute atomic E-state index is 0.0762. The molecule has 1 fully saturated rings. The molecule has 0 saturated carbocycles. The van der Waals surface area contributed by atoms with Crippen LogP contribution in [0.3, 0.4) is 0 Å². The maximum atomic E-state index is 11.3. The number of ether oxygens (including phenoxy) is 5. The molecule has 1 unspecified atom stereocenters. The summed E-state index contributed by atoms with van der Waals surface area (Å²) in [5.74, 6) is -0.581. The Morgan fingerprint density at radius 2 is 1.48 bits per heavy atom. The summed E-state index contributed by atoms with van der Waals surface area (Å²) in [4.78, 5) is 23.7. The first-order valence-corrected chi connectivity index (χ1v) is 8.77. The predicted octanol–water partition coefficient (Wildman–Crippen LogP) is 0.504. The average Bonchev–Trinajstić information content (AvgIpc) is 2.95. The number of rotatable bonds is 13. The molecule has 8 heteroatoms. The van der Waals surface area contributed by atoms with Crippen molar-refractivity contribution < 1.29 is 33.3 Å². The van der Waals surface area contributed by atoms with Crippen LogP contribution in [0.1, 0.15) is 19.3 Å². The van der Waals surface area contributed by atoms with Gasteiger partial charge in [-0.2, -0.15) is 0 Å². The van der Waals surface area contributed by atoms with Crippen molar-refractivity contribution in [1.82, 2.24) is 4.90 Å². The Hall–Kier alpha value is -1.32. The lowest BCUT2D eigenvalue weighted by atomic mass is 10.2. The van der Waals surface area contributed by atoms with Gasteiger partial charge in [0.2, 0.25) is 0 Å². The minimum Gasteiger partial charge on any atom is -0.377 e. The van der Waals surface area contributed by atoms with Gasteiger partial charge in [0, 0.05) is 18.8 Å². The molecular weight excluding hydrogens is 330 g/mol. The Kier molecular flexibility index (Phi) is 9.68. The zero-order valence-electron chi connectivity index (χ0n) is 14.5. The number of hydrogen-bond acceptors (Lipinski definition) is 7. The van der Waals surface area contributed by atoms with Crippen LogP contribution in [0.2, 0.25) is 0 Å². The first kappa shape index (κ1) is 20.0. The van der Waals surface area contributed by atoms with Crippen molar-refractivity contribution in [3.05, 3.63) is 12.2 Å². The second kappa shape index (κ2) is 12.1. The first-order valence-electron chi connectivity index (χ1n) is 8.77. The normalized spacial score (nSPS) is 20.6. The second-order valence-corrected chi connectivity index (χ2v) is 5.67. The molecule has 0 aromatic carbocycles. The molecule has 0 aliphatic carbocycles. The summed E-state index contributed by atoms with van der Waals surface area (Å²) in [7, 11) is 0. The molecule has 0 spiro atoms. The molecule has 0 radical (unpaired) electrons. The molecule has 2 aliphatic heterocycles. The molecule has 25 heavy (non-hydrogen) atoms. The van der Waals surface area contributed by atoms with Crippen LogP contribution < -0.4 is 0 Å². The fraction of sp³-hybridized carbons (Fsp3) is 0.765. The monoisotopic (exact) mass is 357 g/mol. The van der Waals surface area contributed by atoms with Crippen LogP contribution in [-0.4, -0.2) is 82.4 Å². The molecule has 2 amide bonds. The predicted molar refractivity (Wildman–Crippen MR) is 87.9 cm³/mol. The summed E-state index contributed by atoms with van der Waals surface area (Å²) < 4.78 is 27.1. The third-order valence-electron chi connectivity index (χ3n) is 3.77. The fourth-order valence-corrected chi connectivity index (χ4v) is 2.43. The third-order valence-corrected chi connectivity index (χ3v) is 3.77. The lowest BCUT2D eigenvalue weighted by Gasteiger charge is -2.22. The molecule has 0 aromatic rings. The van der Waals surface area contributed by atoms with Gasteiger partial charge >= 0.3 is 0 Å². The van der Waals surface area contributed by atoms with E-state index in [0.717, 1.165) is 30.8 Å². The lowest BCUT2D eigenvalue weighted by Crippen LogP contribution is -2.33. The molecule has 0 bridgehead atoms. The average molecular weight is 357 g/mol. The number of hydrogen-bond donors (Lipinski definition) is 0. The van der Waals surface area contributed by atoms with Crippen LogP contribution in [-0.2, 0) is 33.3 Å². The summed E-state index contributed by atoms with van der Waals surface area (Å²) in [6, 6.07) is 0. The van der Waals surface area contributed by atoms with Crippen LogP contribution in [0, 0.1) is 0 Å². The summed E-state index contributed by atoms with van der Waals surface area (Å²) in [6.07, 6.45) is 5.68. The van der Waals surface area contributed by atoms with E-state index in [4.69, 9.17) is 23.7 Å². The standard InChI is InChI=1S/C17H27NO7/c19-15-4-5-16(20)18(15)6-8-21-9-10-22-11-12-23-13-14-25-17-3-1-2-7-24-17/h4-5,17H,1-3,6-14H2. The highest BCUT2D eigenvalue weighted by Crippen LogP contribution is 2.13. The smallest absolute Gasteiger partial charge is 0.253 e. The molecule has 1 saturated heterocycles. The number of carbonyl (C=O) groups is 2. The summed E-state index contributed by atoms with van der Waals surface area (Å²) in [5.41, 5.74) is 0. The Labute approximate surface area is 148 Å². The van der Waals surface area contributed by atoms with Crippen LogP contribution in [0.5, 0.6) is 0 Å². The molecule has 2 aliphatic rings. The maximum Gasteiger partial charge on any atom is 0.253 e. The zero-order valence-corrected chi connectivity index (χ0v) is 14.5. The third kappa shape index (κ3) is 8.06. The van der Waals surface area contributed by atoms with Gasteiger partial charge in [-0.15, -0.1) is 0 Å². The molecule has 1 atom stereocenters. The zero-order chi connectivity index (χ0) is 17.7. The van der Waals surface area contributed by atoms with Gasteiger partial charge in [0.1, 0.15) is 0 Å². The van der Waals surface area contributed by atoms with Gasteiger partial charge in [-0.05, 0) is 19.3 Å².